The fourth-order valence-electron chi connectivity index (χ4n) is 2.99. The van der Waals surface area contributed by atoms with E-state index in [1.54, 1.807) is 0 Å². The van der Waals surface area contributed by atoms with Crippen molar-refractivity contribution in [3.05, 3.63) is 64.9 Å². The van der Waals surface area contributed by atoms with Crippen molar-refractivity contribution >= 4 is 10.0 Å². The molecule has 5 nitrogen and oxygen atoms in total. The van der Waals surface area contributed by atoms with E-state index in [-0.39, 0.29) is 22.5 Å². The Hall–Kier alpha value is -2.93. The monoisotopic (exact) mass is 467 g/mol. The molecule has 0 amide bonds. The van der Waals surface area contributed by atoms with Crippen molar-refractivity contribution in [3.63, 3.8) is 0 Å². The zero-order valence-corrected chi connectivity index (χ0v) is 16.2. The topological polar surface area (TPSA) is 78.0 Å². The molecule has 166 valence electrons. The molecule has 1 heterocycles. The largest absolute Gasteiger partial charge is 0.416 e. The van der Waals surface area contributed by atoms with Crippen molar-refractivity contribution < 1.29 is 39.2 Å². The number of rotatable bonds is 4. The van der Waals surface area contributed by atoms with Gasteiger partial charge in [-0.1, -0.05) is 0 Å². The lowest BCUT2D eigenvalue weighted by Crippen LogP contribution is -2.16. The van der Waals surface area contributed by atoms with Gasteiger partial charge in [-0.15, -0.1) is 0 Å². The second kappa shape index (κ2) is 7.64. The van der Waals surface area contributed by atoms with Crippen molar-refractivity contribution in [2.75, 3.05) is 0 Å². The van der Waals surface area contributed by atoms with Crippen molar-refractivity contribution in [2.45, 2.75) is 24.4 Å². The molecule has 3 rings (SSSR count). The van der Waals surface area contributed by atoms with Crippen LogP contribution in [0.25, 0.3) is 16.9 Å². The Morgan fingerprint density at radius 3 is 2.06 bits per heavy atom. The number of aryl methyl sites for hydroxylation is 1. The van der Waals surface area contributed by atoms with Crippen molar-refractivity contribution in [2.24, 2.45) is 5.14 Å². The van der Waals surface area contributed by atoms with Gasteiger partial charge in [0.15, 0.2) is 4.90 Å². The molecule has 2 aromatic carbocycles. The molecule has 0 fully saturated rings. The third-order valence-electron chi connectivity index (χ3n) is 4.29. The lowest BCUT2D eigenvalue weighted by Gasteiger charge is -2.14. The van der Waals surface area contributed by atoms with E-state index in [4.69, 9.17) is 5.14 Å². The molecule has 31 heavy (non-hydrogen) atoms. The van der Waals surface area contributed by atoms with E-state index in [2.05, 4.69) is 5.10 Å². The molecule has 0 aliphatic rings. The molecule has 0 radical (unpaired) electrons. The number of nitrogens with two attached hydrogens (primary N) is 1. The summed E-state index contributed by atoms with van der Waals surface area (Å²) < 4.78 is 117. The number of alkyl halides is 5. The van der Waals surface area contributed by atoms with Crippen LogP contribution >= 0.6 is 0 Å². The van der Waals surface area contributed by atoms with Crippen LogP contribution in [0, 0.1) is 18.6 Å². The first-order valence-corrected chi connectivity index (χ1v) is 9.83. The van der Waals surface area contributed by atoms with Crippen LogP contribution in [-0.4, -0.2) is 18.2 Å². The molecule has 1 aromatic heterocycles. The molecule has 0 unspecified atom stereocenters. The van der Waals surface area contributed by atoms with Gasteiger partial charge >= 0.3 is 6.18 Å². The minimum absolute atomic E-state index is 0.0938. The molecule has 0 spiro atoms. The fourth-order valence-corrected chi connectivity index (χ4v) is 3.65. The number of benzene rings is 2. The van der Waals surface area contributed by atoms with Crippen LogP contribution < -0.4 is 5.14 Å². The van der Waals surface area contributed by atoms with E-state index in [9.17, 15) is 39.2 Å². The Labute approximate surface area is 171 Å². The number of nitrogens with zero attached hydrogens (tertiary/aromatic N) is 2. The molecule has 0 aliphatic heterocycles. The Bertz CT molecular complexity index is 1240. The first kappa shape index (κ1) is 22.7. The van der Waals surface area contributed by atoms with Crippen LogP contribution in [0.3, 0.4) is 0 Å². The summed E-state index contributed by atoms with van der Waals surface area (Å²) in [5.41, 5.74) is -2.82. The van der Waals surface area contributed by atoms with Crippen LogP contribution in [-0.2, 0) is 16.2 Å². The van der Waals surface area contributed by atoms with Crippen molar-refractivity contribution in [1.29, 1.82) is 0 Å². The summed E-state index contributed by atoms with van der Waals surface area (Å²) in [5, 5.41) is 8.38. The summed E-state index contributed by atoms with van der Waals surface area (Å²) in [6.07, 6.45) is -7.76. The predicted octanol–water partition coefficient (Wildman–Crippen LogP) is 4.73. The molecule has 0 atom stereocenters. The van der Waals surface area contributed by atoms with E-state index < -0.39 is 50.4 Å². The predicted molar refractivity (Wildman–Crippen MR) is 95.0 cm³/mol. The summed E-state index contributed by atoms with van der Waals surface area (Å²) in [6, 6.07) is 4.55. The normalized spacial score (nSPS) is 12.6. The Morgan fingerprint density at radius 2 is 1.61 bits per heavy atom. The number of halogens is 7. The molecule has 0 bridgehead atoms. The number of aromatic nitrogens is 2. The van der Waals surface area contributed by atoms with Gasteiger partial charge in [0.2, 0.25) is 10.0 Å². The maximum absolute atomic E-state index is 14.2. The quantitative estimate of drug-likeness (QED) is 0.564. The van der Waals surface area contributed by atoms with E-state index >= 15 is 0 Å². The maximum atomic E-state index is 14.2. The van der Waals surface area contributed by atoms with Crippen LogP contribution in [0.2, 0.25) is 0 Å². The summed E-state index contributed by atoms with van der Waals surface area (Å²) in [7, 11) is -4.76. The zero-order valence-electron chi connectivity index (χ0n) is 15.4. The van der Waals surface area contributed by atoms with E-state index in [1.807, 2.05) is 0 Å². The lowest BCUT2D eigenvalue weighted by atomic mass is 10.1. The van der Waals surface area contributed by atoms with E-state index in [0.717, 1.165) is 29.8 Å². The number of sulfonamides is 1. The van der Waals surface area contributed by atoms with E-state index in [0.29, 0.717) is 18.2 Å². The third kappa shape index (κ3) is 4.42. The van der Waals surface area contributed by atoms with Gasteiger partial charge in [0.25, 0.3) is 6.43 Å². The van der Waals surface area contributed by atoms with Crippen molar-refractivity contribution in [3.8, 4) is 16.9 Å². The smallest absolute Gasteiger partial charge is 0.233 e. The fraction of sp³-hybridized carbons (Fsp3) is 0.167. The summed E-state index contributed by atoms with van der Waals surface area (Å²) in [5.74, 6) is -3.15. The Morgan fingerprint density at radius 1 is 1.03 bits per heavy atom. The van der Waals surface area contributed by atoms with Gasteiger partial charge < -0.3 is 0 Å². The number of hydrogen-bond acceptors (Lipinski definition) is 3. The van der Waals surface area contributed by atoms with Gasteiger partial charge in [0, 0.05) is 5.56 Å². The second-order valence-corrected chi connectivity index (χ2v) is 7.98. The van der Waals surface area contributed by atoms with Gasteiger partial charge in [-0.2, -0.15) is 18.3 Å². The molecule has 0 saturated carbocycles. The second-order valence-electron chi connectivity index (χ2n) is 6.48. The highest BCUT2D eigenvalue weighted by atomic mass is 32.2. The van der Waals surface area contributed by atoms with Crippen LogP contribution in [0.4, 0.5) is 30.7 Å². The average Bonchev–Trinajstić information content (AvgIpc) is 3.04. The number of primary sulfonamides is 1. The van der Waals surface area contributed by atoms with Gasteiger partial charge in [0.1, 0.15) is 17.3 Å². The molecular formula is C18H12F7N3O2S. The van der Waals surface area contributed by atoms with Gasteiger partial charge in [-0.25, -0.2) is 35.8 Å². The minimum Gasteiger partial charge on any atom is -0.233 e. The van der Waals surface area contributed by atoms with Crippen molar-refractivity contribution in [1.82, 2.24) is 9.78 Å². The van der Waals surface area contributed by atoms with Gasteiger partial charge in [-0.05, 0) is 48.9 Å². The first-order chi connectivity index (χ1) is 14.2. The highest BCUT2D eigenvalue weighted by Gasteiger charge is 2.32. The first-order valence-electron chi connectivity index (χ1n) is 8.28. The highest BCUT2D eigenvalue weighted by molar-refractivity contribution is 7.89. The molecule has 0 saturated heterocycles. The SMILES string of the molecule is Cc1cc(-n2nc(C(F)F)cc2-c2cc(F)c(S(N)(=O)=O)c(F)c2)ccc1C(F)(F)F. The summed E-state index contributed by atoms with van der Waals surface area (Å²) in [4.78, 5) is -1.42. The molecular weight excluding hydrogens is 455 g/mol. The number of hydrogen-bond donors (Lipinski definition) is 1. The Kier molecular flexibility index (Phi) is 5.61. The van der Waals surface area contributed by atoms with Crippen LogP contribution in [0.15, 0.2) is 41.3 Å². The third-order valence-corrected chi connectivity index (χ3v) is 5.25. The van der Waals surface area contributed by atoms with Gasteiger partial charge in [-0.3, -0.25) is 0 Å². The standard InChI is InChI=1S/C18H12F7N3O2S/c1-8-4-10(2-3-11(8)18(23,24)25)28-15(7-14(27-28)17(21)22)9-5-12(19)16(13(20)6-9)31(26,29)30/h2-7,17H,1H3,(H2,26,29,30). The Balaban J connectivity index is 2.24. The lowest BCUT2D eigenvalue weighted by molar-refractivity contribution is -0.138. The summed E-state index contributed by atoms with van der Waals surface area (Å²) >= 11 is 0. The zero-order chi connectivity index (χ0) is 23.3. The van der Waals surface area contributed by atoms with Crippen LogP contribution in [0.1, 0.15) is 23.2 Å². The minimum atomic E-state index is -4.76. The van der Waals surface area contributed by atoms with Crippen LogP contribution in [0.5, 0.6) is 0 Å². The van der Waals surface area contributed by atoms with E-state index in [1.165, 1.54) is 0 Å². The molecule has 3 aromatic rings. The maximum Gasteiger partial charge on any atom is 0.416 e. The summed E-state index contributed by atoms with van der Waals surface area (Å²) in [6.45, 7) is 1.14. The average molecular weight is 467 g/mol. The highest BCUT2D eigenvalue weighted by Crippen LogP contribution is 2.35. The molecule has 13 heteroatoms. The molecule has 2 N–H and O–H groups in total. The molecule has 0 aliphatic carbocycles. The van der Waals surface area contributed by atoms with Gasteiger partial charge in [0.05, 0.1) is 16.9 Å².